The molecule has 2 unspecified atom stereocenters. The van der Waals surface area contributed by atoms with Gasteiger partial charge in [-0.15, -0.1) is 0 Å². The van der Waals surface area contributed by atoms with Gasteiger partial charge in [-0.25, -0.2) is 0 Å². The fraction of sp³-hybridized carbons (Fsp3) is 0.319. The van der Waals surface area contributed by atoms with Crippen LogP contribution >= 0.6 is 0 Å². The molecule has 3 aromatic rings. The van der Waals surface area contributed by atoms with Crippen molar-refractivity contribution in [3.8, 4) is 5.75 Å². The van der Waals surface area contributed by atoms with E-state index < -0.39 is 0 Å². The maximum absolute atomic E-state index is 7.61. The molecule has 235 valence electrons. The van der Waals surface area contributed by atoms with Crippen LogP contribution in [-0.2, 0) is 25.7 Å². The van der Waals surface area contributed by atoms with Crippen LogP contribution < -0.4 is 4.74 Å². The molecule has 48 heavy (non-hydrogen) atoms. The zero-order valence-electron chi connectivity index (χ0n) is 27.7. The van der Waals surface area contributed by atoms with Crippen molar-refractivity contribution in [2.45, 2.75) is 94.5 Å². The normalized spacial score (nSPS) is 26.7. The molecule has 8 aliphatic rings. The van der Waals surface area contributed by atoms with E-state index >= 15 is 0 Å². The van der Waals surface area contributed by atoms with Crippen LogP contribution in [-0.4, -0.2) is 5.60 Å². The third-order valence-electron chi connectivity index (χ3n) is 13.2. The predicted octanol–water partition coefficient (Wildman–Crippen LogP) is 11.1. The maximum Gasteiger partial charge on any atom is 0.127 e. The standard InChI is InChI=1S/C47H41O/c1-3-11-32-29(8-1)18-21-39-35-14-6-16-44(41(35)25-23-37(32)39)47(28-43-34-13-5-10-31(34)20-27-46(43)48-47)45-17-7-15-36-40-22-19-30-9-2-4-12-33(30)38(40)24-26-42(36)45/h3-7,11-12,14-15,20,23-27,44-45H,1-2,8-10,16-19,21-22,28H2. The molecule has 0 saturated heterocycles. The summed E-state index contributed by atoms with van der Waals surface area (Å²) in [7, 11) is 0. The fourth-order valence-electron chi connectivity index (χ4n) is 11.0. The van der Waals surface area contributed by atoms with E-state index in [4.69, 9.17) is 4.74 Å². The smallest absolute Gasteiger partial charge is 0.127 e. The van der Waals surface area contributed by atoms with Gasteiger partial charge in [0.1, 0.15) is 11.4 Å². The molecule has 11 rings (SSSR count). The van der Waals surface area contributed by atoms with E-state index in [1.807, 2.05) is 0 Å². The molecule has 0 bridgehead atoms. The minimum Gasteiger partial charge on any atom is -0.485 e. The van der Waals surface area contributed by atoms with Crippen molar-refractivity contribution in [1.82, 2.24) is 0 Å². The molecule has 0 spiro atoms. The van der Waals surface area contributed by atoms with Crippen molar-refractivity contribution in [2.24, 2.45) is 0 Å². The molecule has 0 saturated carbocycles. The Morgan fingerprint density at radius 1 is 0.604 bits per heavy atom. The van der Waals surface area contributed by atoms with Crippen LogP contribution in [0.3, 0.4) is 0 Å². The molecule has 3 aromatic carbocycles. The van der Waals surface area contributed by atoms with Gasteiger partial charge in [0.05, 0.1) is 0 Å². The van der Waals surface area contributed by atoms with Crippen LogP contribution in [0.2, 0.25) is 0 Å². The highest BCUT2D eigenvalue weighted by atomic mass is 16.5. The molecule has 0 fully saturated rings. The average molecular weight is 622 g/mol. The molecule has 2 atom stereocenters. The van der Waals surface area contributed by atoms with Crippen LogP contribution in [0.15, 0.2) is 90.1 Å². The van der Waals surface area contributed by atoms with Gasteiger partial charge in [-0.05, 0) is 150 Å². The van der Waals surface area contributed by atoms with Gasteiger partial charge < -0.3 is 4.74 Å². The van der Waals surface area contributed by atoms with E-state index in [9.17, 15) is 0 Å². The largest absolute Gasteiger partial charge is 0.485 e. The molecule has 1 heteroatoms. The van der Waals surface area contributed by atoms with Crippen molar-refractivity contribution >= 4 is 23.3 Å². The van der Waals surface area contributed by atoms with Crippen LogP contribution in [0.1, 0.15) is 124 Å². The Labute approximate surface area is 284 Å². The monoisotopic (exact) mass is 621 g/mol. The number of hydrogen-bond acceptors (Lipinski definition) is 1. The van der Waals surface area contributed by atoms with Crippen molar-refractivity contribution < 1.29 is 4.74 Å². The first kappa shape index (κ1) is 27.6. The van der Waals surface area contributed by atoms with Crippen LogP contribution in [0.25, 0.3) is 23.3 Å². The van der Waals surface area contributed by atoms with E-state index in [1.54, 1.807) is 22.3 Å². The summed E-state index contributed by atoms with van der Waals surface area (Å²) in [4.78, 5) is 0. The molecular weight excluding hydrogens is 581 g/mol. The van der Waals surface area contributed by atoms with Crippen molar-refractivity contribution in [3.63, 3.8) is 0 Å². The van der Waals surface area contributed by atoms with Gasteiger partial charge in [0.15, 0.2) is 0 Å². The van der Waals surface area contributed by atoms with Crippen LogP contribution in [0, 0.1) is 6.08 Å². The lowest BCUT2D eigenvalue weighted by atomic mass is 9.62. The lowest BCUT2D eigenvalue weighted by molar-refractivity contribution is 0.0330. The highest BCUT2D eigenvalue weighted by molar-refractivity contribution is 5.85. The second-order valence-electron chi connectivity index (χ2n) is 15.3. The quantitative estimate of drug-likeness (QED) is 0.277. The third kappa shape index (κ3) is 3.79. The lowest BCUT2D eigenvalue weighted by Gasteiger charge is -2.46. The zero-order valence-corrected chi connectivity index (χ0v) is 27.7. The Hall–Kier alpha value is -4.36. The maximum atomic E-state index is 7.61. The number of benzene rings is 3. The topological polar surface area (TPSA) is 9.23 Å². The number of ether oxygens (including phenoxy) is 1. The van der Waals surface area contributed by atoms with Gasteiger partial charge >= 0.3 is 0 Å². The van der Waals surface area contributed by atoms with Gasteiger partial charge in [0.2, 0.25) is 0 Å². The summed E-state index contributed by atoms with van der Waals surface area (Å²) in [5.41, 5.74) is 22.0. The van der Waals surface area contributed by atoms with Crippen molar-refractivity contribution in [3.05, 3.63) is 157 Å². The first-order valence-electron chi connectivity index (χ1n) is 18.6. The highest BCUT2D eigenvalue weighted by Crippen LogP contribution is 2.58. The van der Waals surface area contributed by atoms with Gasteiger partial charge in [0, 0.05) is 23.8 Å². The lowest BCUT2D eigenvalue weighted by Crippen LogP contribution is -2.48. The van der Waals surface area contributed by atoms with E-state index in [2.05, 4.69) is 97.2 Å². The van der Waals surface area contributed by atoms with E-state index in [-0.39, 0.29) is 17.4 Å². The number of rotatable bonds is 2. The van der Waals surface area contributed by atoms with Gasteiger partial charge in [-0.2, -0.15) is 0 Å². The summed E-state index contributed by atoms with van der Waals surface area (Å²) in [5.74, 6) is 1.62. The number of fused-ring (bicyclic) bond motifs is 11. The fourth-order valence-corrected chi connectivity index (χ4v) is 11.0. The first-order chi connectivity index (χ1) is 23.8. The van der Waals surface area contributed by atoms with Gasteiger partial charge in [-0.3, -0.25) is 0 Å². The summed E-state index contributed by atoms with van der Waals surface area (Å²) < 4.78 is 7.61. The summed E-state index contributed by atoms with van der Waals surface area (Å²) in [6.07, 6.45) is 38.8. The molecule has 0 amide bonds. The van der Waals surface area contributed by atoms with E-state index in [0.717, 1.165) is 44.3 Å². The van der Waals surface area contributed by atoms with Crippen molar-refractivity contribution in [2.75, 3.05) is 0 Å². The second-order valence-corrected chi connectivity index (χ2v) is 15.3. The Bertz CT molecular complexity index is 2050. The van der Waals surface area contributed by atoms with E-state index in [1.165, 1.54) is 99.7 Å². The summed E-state index contributed by atoms with van der Waals surface area (Å²) >= 11 is 0. The Kier molecular flexibility index (Phi) is 5.93. The molecular formula is C47H41O. The molecule has 1 radical (unpaired) electrons. The molecule has 7 aliphatic carbocycles. The van der Waals surface area contributed by atoms with Crippen molar-refractivity contribution in [1.29, 1.82) is 0 Å². The van der Waals surface area contributed by atoms with Crippen LogP contribution in [0.4, 0.5) is 0 Å². The second kappa shape index (κ2) is 10.3. The Morgan fingerprint density at radius 2 is 1.23 bits per heavy atom. The van der Waals surface area contributed by atoms with Gasteiger partial charge in [0.25, 0.3) is 0 Å². The number of hydrogen-bond donors (Lipinski definition) is 0. The molecule has 0 N–H and O–H groups in total. The molecule has 1 aliphatic heterocycles. The van der Waals surface area contributed by atoms with E-state index in [0.29, 0.717) is 0 Å². The molecule has 0 aromatic heterocycles. The SMILES string of the molecule is [C]1=CCc2ccc3c(c21)CC(C1CC=Cc2c1ccc1c2CCC2=C1C=CCC2)(C1CC=Cc2c1ccc1c2CCC2=C1C=CCC2)O3. The molecule has 1 heterocycles. The third-order valence-corrected chi connectivity index (χ3v) is 13.2. The minimum atomic E-state index is -0.378. The number of allylic oxidation sites excluding steroid dienone is 11. The predicted molar refractivity (Wildman–Crippen MR) is 197 cm³/mol. The highest BCUT2D eigenvalue weighted by Gasteiger charge is 2.54. The summed E-state index contributed by atoms with van der Waals surface area (Å²) in [5, 5.41) is 0. The Balaban J connectivity index is 1.09. The Morgan fingerprint density at radius 3 is 1.85 bits per heavy atom. The molecule has 1 nitrogen and oxygen atoms in total. The summed E-state index contributed by atoms with van der Waals surface area (Å²) in [6.45, 7) is 0. The minimum absolute atomic E-state index is 0.268. The first-order valence-corrected chi connectivity index (χ1v) is 18.6. The zero-order chi connectivity index (χ0) is 31.4. The average Bonchev–Trinajstić information content (AvgIpc) is 3.79. The summed E-state index contributed by atoms with van der Waals surface area (Å²) in [6, 6.07) is 14.5. The van der Waals surface area contributed by atoms with Crippen LogP contribution in [0.5, 0.6) is 5.75 Å². The van der Waals surface area contributed by atoms with Gasteiger partial charge in [-0.1, -0.05) is 96.2 Å².